The summed E-state index contributed by atoms with van der Waals surface area (Å²) < 4.78 is 56.9. The van der Waals surface area contributed by atoms with Gasteiger partial charge in [0.2, 0.25) is 5.91 Å². The Balaban J connectivity index is 1.36. The molecule has 0 atom stereocenters. The van der Waals surface area contributed by atoms with Crippen LogP contribution in [0.1, 0.15) is 5.56 Å². The molecule has 2 aromatic carbocycles. The number of alkyl halides is 3. The van der Waals surface area contributed by atoms with Crippen molar-refractivity contribution in [1.82, 2.24) is 9.55 Å². The number of carbonyl (C=O) groups is 1. The second kappa shape index (κ2) is 9.41. The van der Waals surface area contributed by atoms with E-state index in [2.05, 4.69) is 10.3 Å². The molecule has 0 aliphatic carbocycles. The highest BCUT2D eigenvalue weighted by atomic mass is 32.2. The van der Waals surface area contributed by atoms with E-state index in [1.54, 1.807) is 24.6 Å². The van der Waals surface area contributed by atoms with Gasteiger partial charge in [0.15, 0.2) is 23.1 Å². The van der Waals surface area contributed by atoms with Crippen LogP contribution in [-0.4, -0.2) is 34.4 Å². The molecule has 35 heavy (non-hydrogen) atoms. The smallest absolute Gasteiger partial charge is 0.416 e. The molecule has 0 saturated heterocycles. The van der Waals surface area contributed by atoms with Gasteiger partial charge in [0.25, 0.3) is 0 Å². The summed E-state index contributed by atoms with van der Waals surface area (Å²) in [6.07, 6.45) is -1.26. The van der Waals surface area contributed by atoms with Gasteiger partial charge in [-0.1, -0.05) is 11.8 Å². The molecule has 0 fully saturated rings. The Morgan fingerprint density at radius 1 is 1.06 bits per heavy atom. The number of amides is 1. The van der Waals surface area contributed by atoms with Gasteiger partial charge in [0.05, 0.1) is 29.5 Å². The molecule has 1 aliphatic rings. The lowest BCUT2D eigenvalue weighted by Crippen LogP contribution is -2.16. The predicted octanol–water partition coefficient (Wildman–Crippen LogP) is 5.65. The molecule has 0 saturated carbocycles. The Labute approximate surface area is 201 Å². The third kappa shape index (κ3) is 4.99. The largest absolute Gasteiger partial charge is 0.486 e. The van der Waals surface area contributed by atoms with Crippen LogP contribution >= 0.6 is 11.8 Å². The first kappa shape index (κ1) is 22.9. The van der Waals surface area contributed by atoms with Crippen LogP contribution in [0.4, 0.5) is 18.9 Å². The minimum Gasteiger partial charge on any atom is -0.486 e. The molecule has 3 heterocycles. The van der Waals surface area contributed by atoms with E-state index in [4.69, 9.17) is 13.9 Å². The fraction of sp³-hybridized carbons (Fsp3) is 0.167. The fourth-order valence-electron chi connectivity index (χ4n) is 3.52. The second-order valence-corrected chi connectivity index (χ2v) is 8.47. The Morgan fingerprint density at radius 2 is 1.83 bits per heavy atom. The predicted molar refractivity (Wildman–Crippen MR) is 123 cm³/mol. The van der Waals surface area contributed by atoms with Gasteiger partial charge in [-0.05, 0) is 48.5 Å². The first-order valence-electron chi connectivity index (χ1n) is 10.5. The molecule has 1 N–H and O–H groups in total. The van der Waals surface area contributed by atoms with Crippen molar-refractivity contribution >= 4 is 23.4 Å². The highest BCUT2D eigenvalue weighted by Gasteiger charge is 2.30. The maximum absolute atomic E-state index is 12.7. The summed E-state index contributed by atoms with van der Waals surface area (Å²) in [5.41, 5.74) is 0.239. The molecule has 4 aromatic rings. The summed E-state index contributed by atoms with van der Waals surface area (Å²) in [6, 6.07) is 13.3. The van der Waals surface area contributed by atoms with Crippen molar-refractivity contribution in [2.45, 2.75) is 11.2 Å². The number of benzene rings is 2. The monoisotopic (exact) mass is 501 g/mol. The van der Waals surface area contributed by atoms with E-state index in [1.165, 1.54) is 23.9 Å². The van der Waals surface area contributed by atoms with Crippen molar-refractivity contribution in [3.63, 3.8) is 0 Å². The number of hydrogen-bond acceptors (Lipinski definition) is 6. The lowest BCUT2D eigenvalue weighted by Gasteiger charge is -2.20. The first-order chi connectivity index (χ1) is 16.9. The number of nitrogens with zero attached hydrogens (tertiary/aromatic N) is 2. The Morgan fingerprint density at radius 3 is 2.54 bits per heavy atom. The second-order valence-electron chi connectivity index (χ2n) is 7.47. The van der Waals surface area contributed by atoms with E-state index in [9.17, 15) is 18.0 Å². The van der Waals surface area contributed by atoms with Crippen LogP contribution in [0.2, 0.25) is 0 Å². The highest BCUT2D eigenvalue weighted by Crippen LogP contribution is 2.36. The third-order valence-electron chi connectivity index (χ3n) is 5.10. The van der Waals surface area contributed by atoms with Gasteiger partial charge in [-0.15, -0.1) is 0 Å². The molecule has 5 rings (SSSR count). The van der Waals surface area contributed by atoms with Crippen molar-refractivity contribution < 1.29 is 31.9 Å². The average molecular weight is 501 g/mol. The van der Waals surface area contributed by atoms with Crippen molar-refractivity contribution in [1.29, 1.82) is 0 Å². The Hall–Kier alpha value is -3.86. The van der Waals surface area contributed by atoms with Gasteiger partial charge in [-0.3, -0.25) is 9.36 Å². The number of ether oxygens (including phenoxy) is 2. The van der Waals surface area contributed by atoms with Crippen LogP contribution in [0.15, 0.2) is 76.5 Å². The number of halogens is 3. The zero-order chi connectivity index (χ0) is 24.4. The number of thioether (sulfide) groups is 1. The van der Waals surface area contributed by atoms with E-state index in [0.29, 0.717) is 41.3 Å². The van der Waals surface area contributed by atoms with E-state index in [1.807, 2.05) is 22.8 Å². The van der Waals surface area contributed by atoms with Gasteiger partial charge in [0.1, 0.15) is 18.2 Å². The average Bonchev–Trinajstić information content (AvgIpc) is 3.52. The number of furan rings is 1. The minimum atomic E-state index is -4.43. The molecule has 0 radical (unpaired) electrons. The molecule has 180 valence electrons. The van der Waals surface area contributed by atoms with Crippen molar-refractivity contribution in [2.24, 2.45) is 0 Å². The number of carbonyl (C=O) groups excluding carboxylic acids is 1. The van der Waals surface area contributed by atoms with E-state index < -0.39 is 11.7 Å². The Kier molecular flexibility index (Phi) is 6.16. The number of anilines is 1. The molecule has 1 aliphatic heterocycles. The topological polar surface area (TPSA) is 78.5 Å². The fourth-order valence-corrected chi connectivity index (χ4v) is 4.32. The normalized spacial score (nSPS) is 13.0. The van der Waals surface area contributed by atoms with Gasteiger partial charge < -0.3 is 19.2 Å². The quantitative estimate of drug-likeness (QED) is 0.344. The first-order valence-corrected chi connectivity index (χ1v) is 11.5. The number of fused-ring (bicyclic) bond motifs is 1. The number of rotatable bonds is 6. The van der Waals surface area contributed by atoms with Crippen LogP contribution in [0.5, 0.6) is 11.5 Å². The van der Waals surface area contributed by atoms with Crippen LogP contribution in [0.25, 0.3) is 17.3 Å². The molecule has 0 bridgehead atoms. The van der Waals surface area contributed by atoms with Gasteiger partial charge in [-0.25, -0.2) is 4.98 Å². The van der Waals surface area contributed by atoms with Crippen molar-refractivity contribution in [2.75, 3.05) is 24.3 Å². The van der Waals surface area contributed by atoms with Gasteiger partial charge in [-0.2, -0.15) is 13.2 Å². The maximum atomic E-state index is 12.7. The molecule has 2 aromatic heterocycles. The lowest BCUT2D eigenvalue weighted by atomic mass is 10.2. The molecule has 0 spiro atoms. The van der Waals surface area contributed by atoms with Crippen LogP contribution in [0.3, 0.4) is 0 Å². The standard InChI is InChI=1S/C24H18F3N3O4S/c25-24(26,27)15-3-5-16(6-4-15)29-21(31)14-35-22-13-28-23(19-2-1-9-32-19)30(22)17-7-8-18-20(12-17)34-11-10-33-18/h1-9,12-13H,10-11,14H2,(H,29,31). The minimum absolute atomic E-state index is 0.00879. The number of aromatic nitrogens is 2. The molecular formula is C24H18F3N3O4S. The molecule has 7 nitrogen and oxygen atoms in total. The summed E-state index contributed by atoms with van der Waals surface area (Å²) in [5.74, 6) is 1.96. The van der Waals surface area contributed by atoms with Crippen LogP contribution in [0, 0.1) is 0 Å². The molecule has 0 unspecified atom stereocenters. The van der Waals surface area contributed by atoms with E-state index in [-0.39, 0.29) is 17.3 Å². The summed E-state index contributed by atoms with van der Waals surface area (Å²) in [6.45, 7) is 0.918. The summed E-state index contributed by atoms with van der Waals surface area (Å²) in [4.78, 5) is 17.0. The summed E-state index contributed by atoms with van der Waals surface area (Å²) >= 11 is 1.23. The SMILES string of the molecule is O=C(CSc1cnc(-c2ccco2)n1-c1ccc2c(c1)OCCO2)Nc1ccc(C(F)(F)F)cc1. The summed E-state index contributed by atoms with van der Waals surface area (Å²) in [7, 11) is 0. The molecule has 1 amide bonds. The van der Waals surface area contributed by atoms with E-state index >= 15 is 0 Å². The van der Waals surface area contributed by atoms with Gasteiger partial charge in [0, 0.05) is 11.8 Å². The number of nitrogens with one attached hydrogen (secondary N) is 1. The zero-order valence-electron chi connectivity index (χ0n) is 18.0. The number of imidazole rings is 1. The maximum Gasteiger partial charge on any atom is 0.416 e. The highest BCUT2D eigenvalue weighted by molar-refractivity contribution is 7.99. The van der Waals surface area contributed by atoms with Crippen LogP contribution < -0.4 is 14.8 Å². The van der Waals surface area contributed by atoms with Crippen molar-refractivity contribution in [3.8, 4) is 28.8 Å². The van der Waals surface area contributed by atoms with Gasteiger partial charge >= 0.3 is 6.18 Å². The summed E-state index contributed by atoms with van der Waals surface area (Å²) in [5, 5.41) is 3.28. The van der Waals surface area contributed by atoms with Crippen molar-refractivity contribution in [3.05, 3.63) is 72.6 Å². The Bertz CT molecular complexity index is 1340. The number of hydrogen-bond donors (Lipinski definition) is 1. The molecule has 11 heteroatoms. The third-order valence-corrected chi connectivity index (χ3v) is 6.09. The lowest BCUT2D eigenvalue weighted by molar-refractivity contribution is -0.137. The van der Waals surface area contributed by atoms with E-state index in [0.717, 1.165) is 17.8 Å². The van der Waals surface area contributed by atoms with Crippen LogP contribution in [-0.2, 0) is 11.0 Å². The molecular weight excluding hydrogens is 483 g/mol. The zero-order valence-corrected chi connectivity index (χ0v) is 18.9.